The van der Waals surface area contributed by atoms with E-state index < -0.39 is 9.84 Å². The number of sulfone groups is 1. The summed E-state index contributed by atoms with van der Waals surface area (Å²) in [5, 5.41) is 5.42. The van der Waals surface area contributed by atoms with Gasteiger partial charge < -0.3 is 0 Å². The number of aromatic nitrogens is 4. The Morgan fingerprint density at radius 3 is 2.45 bits per heavy atom. The van der Waals surface area contributed by atoms with E-state index >= 15 is 0 Å². The molecule has 0 atom stereocenters. The van der Waals surface area contributed by atoms with Crippen LogP contribution < -0.4 is 0 Å². The molecule has 0 radical (unpaired) electrons. The van der Waals surface area contributed by atoms with Crippen LogP contribution in [-0.2, 0) is 22.7 Å². The normalized spacial score (nSPS) is 11.7. The van der Waals surface area contributed by atoms with Crippen molar-refractivity contribution in [1.29, 1.82) is 0 Å². The summed E-state index contributed by atoms with van der Waals surface area (Å²) in [4.78, 5) is 9.23. The first kappa shape index (κ1) is 20.9. The Hall–Kier alpha value is -2.80. The van der Waals surface area contributed by atoms with Gasteiger partial charge in [-0.15, -0.1) is 0 Å². The third kappa shape index (κ3) is 5.38. The molecule has 0 aliphatic carbocycles. The first-order valence-corrected chi connectivity index (χ1v) is 11.3. The molecule has 0 saturated carbocycles. The van der Waals surface area contributed by atoms with E-state index in [9.17, 15) is 8.42 Å². The van der Waals surface area contributed by atoms with E-state index in [2.05, 4.69) is 30.5 Å². The standard InChI is InChI=1S/C22H26N4O2S/c1-5-29(27,28)11-10-18-6-8-19(9-7-18)12-21-23-13-17(4)22(25-21)20-14-24-26(15-20)16(2)3/h5-9,13-16H,1,10-12H2,2-4H3. The molecule has 152 valence electrons. The minimum atomic E-state index is -3.18. The smallest absolute Gasteiger partial charge is 0.171 e. The van der Waals surface area contributed by atoms with Gasteiger partial charge in [-0.1, -0.05) is 30.8 Å². The van der Waals surface area contributed by atoms with Crippen LogP contribution >= 0.6 is 0 Å². The van der Waals surface area contributed by atoms with Gasteiger partial charge in [-0.2, -0.15) is 5.10 Å². The second-order valence-corrected chi connectivity index (χ2v) is 9.46. The molecular weight excluding hydrogens is 384 g/mol. The Bertz CT molecular complexity index is 1100. The van der Waals surface area contributed by atoms with Crippen LogP contribution in [0.3, 0.4) is 0 Å². The van der Waals surface area contributed by atoms with Gasteiger partial charge in [-0.3, -0.25) is 4.68 Å². The van der Waals surface area contributed by atoms with Gasteiger partial charge in [0.25, 0.3) is 0 Å². The van der Waals surface area contributed by atoms with Crippen molar-refractivity contribution < 1.29 is 8.42 Å². The van der Waals surface area contributed by atoms with E-state index in [1.54, 1.807) is 0 Å². The van der Waals surface area contributed by atoms with Crippen LogP contribution in [-0.4, -0.2) is 33.9 Å². The lowest BCUT2D eigenvalue weighted by atomic mass is 10.1. The third-order valence-electron chi connectivity index (χ3n) is 4.74. The maximum absolute atomic E-state index is 11.6. The van der Waals surface area contributed by atoms with Crippen molar-refractivity contribution in [3.8, 4) is 11.3 Å². The highest BCUT2D eigenvalue weighted by Gasteiger charge is 2.11. The number of hydrogen-bond acceptors (Lipinski definition) is 5. The fourth-order valence-electron chi connectivity index (χ4n) is 2.95. The summed E-state index contributed by atoms with van der Waals surface area (Å²) in [6.07, 6.45) is 6.77. The van der Waals surface area contributed by atoms with Gasteiger partial charge in [0.15, 0.2) is 9.84 Å². The predicted octanol–water partition coefficient (Wildman–Crippen LogP) is 3.92. The van der Waals surface area contributed by atoms with Gasteiger partial charge in [0.05, 0.1) is 17.6 Å². The quantitative estimate of drug-likeness (QED) is 0.562. The highest BCUT2D eigenvalue weighted by molar-refractivity contribution is 7.94. The molecular formula is C22H26N4O2S. The van der Waals surface area contributed by atoms with Crippen molar-refractivity contribution in [2.75, 3.05) is 5.75 Å². The predicted molar refractivity (Wildman–Crippen MR) is 115 cm³/mol. The van der Waals surface area contributed by atoms with Gasteiger partial charge in [-0.25, -0.2) is 18.4 Å². The molecule has 29 heavy (non-hydrogen) atoms. The number of rotatable bonds is 8. The van der Waals surface area contributed by atoms with Gasteiger partial charge >= 0.3 is 0 Å². The van der Waals surface area contributed by atoms with E-state index in [4.69, 9.17) is 4.98 Å². The lowest BCUT2D eigenvalue weighted by molar-refractivity contribution is 0.532. The zero-order chi connectivity index (χ0) is 21.0. The average molecular weight is 411 g/mol. The molecule has 0 N–H and O–H groups in total. The van der Waals surface area contributed by atoms with E-state index in [1.807, 2.05) is 54.5 Å². The number of aryl methyl sites for hydroxylation is 2. The Morgan fingerprint density at radius 2 is 1.83 bits per heavy atom. The average Bonchev–Trinajstić information content (AvgIpc) is 3.19. The largest absolute Gasteiger partial charge is 0.270 e. The Balaban J connectivity index is 1.74. The molecule has 7 heteroatoms. The zero-order valence-corrected chi connectivity index (χ0v) is 17.9. The molecule has 3 aromatic rings. The Kier molecular flexibility index (Phi) is 6.27. The molecule has 0 aliphatic heterocycles. The number of nitrogens with zero attached hydrogens (tertiary/aromatic N) is 4. The minimum absolute atomic E-state index is 0.0737. The SMILES string of the molecule is C=CS(=O)(=O)CCc1ccc(Cc2ncc(C)c(-c3cnn(C(C)C)c3)n2)cc1. The molecule has 2 aromatic heterocycles. The Labute approximate surface area is 172 Å². The van der Waals surface area contributed by atoms with Crippen LogP contribution in [0.1, 0.15) is 42.4 Å². The van der Waals surface area contributed by atoms with E-state index in [0.717, 1.165) is 39.2 Å². The van der Waals surface area contributed by atoms with E-state index in [-0.39, 0.29) is 5.75 Å². The van der Waals surface area contributed by atoms with Crippen LogP contribution in [0, 0.1) is 6.92 Å². The van der Waals surface area contributed by atoms with Crippen LogP contribution in [0.15, 0.2) is 54.8 Å². The van der Waals surface area contributed by atoms with Crippen molar-refractivity contribution in [2.45, 2.75) is 39.7 Å². The summed E-state index contributed by atoms with van der Waals surface area (Å²) >= 11 is 0. The lowest BCUT2D eigenvalue weighted by Crippen LogP contribution is -2.05. The summed E-state index contributed by atoms with van der Waals surface area (Å²) in [6.45, 7) is 9.52. The lowest BCUT2D eigenvalue weighted by Gasteiger charge is -2.07. The fourth-order valence-corrected chi connectivity index (χ4v) is 3.64. The second-order valence-electron chi connectivity index (χ2n) is 7.40. The van der Waals surface area contributed by atoms with Crippen LogP contribution in [0.4, 0.5) is 0 Å². The van der Waals surface area contributed by atoms with Crippen LogP contribution in [0.25, 0.3) is 11.3 Å². The van der Waals surface area contributed by atoms with Crippen molar-refractivity contribution in [3.05, 3.63) is 77.4 Å². The molecule has 0 aliphatic rings. The molecule has 0 fully saturated rings. The monoisotopic (exact) mass is 410 g/mol. The molecule has 6 nitrogen and oxygen atoms in total. The molecule has 0 saturated heterocycles. The highest BCUT2D eigenvalue weighted by atomic mass is 32.2. The molecule has 0 bridgehead atoms. The van der Waals surface area contributed by atoms with E-state index in [0.29, 0.717) is 18.9 Å². The number of hydrogen-bond donors (Lipinski definition) is 0. The first-order valence-electron chi connectivity index (χ1n) is 9.57. The summed E-state index contributed by atoms with van der Waals surface area (Å²) in [6, 6.07) is 8.20. The van der Waals surface area contributed by atoms with Gasteiger partial charge in [0.2, 0.25) is 0 Å². The maximum atomic E-state index is 11.6. The topological polar surface area (TPSA) is 77.7 Å². The summed E-state index contributed by atoms with van der Waals surface area (Å²) in [5.74, 6) is 0.814. The van der Waals surface area contributed by atoms with E-state index in [1.165, 1.54) is 0 Å². The summed E-state index contributed by atoms with van der Waals surface area (Å²) < 4.78 is 25.0. The fraction of sp³-hybridized carbons (Fsp3) is 0.318. The third-order valence-corrected chi connectivity index (χ3v) is 6.02. The second kappa shape index (κ2) is 8.69. The van der Waals surface area contributed by atoms with Crippen LogP contribution in [0.5, 0.6) is 0 Å². The van der Waals surface area contributed by atoms with Crippen molar-refractivity contribution >= 4 is 9.84 Å². The molecule has 3 rings (SSSR count). The highest BCUT2D eigenvalue weighted by Crippen LogP contribution is 2.22. The zero-order valence-electron chi connectivity index (χ0n) is 17.0. The van der Waals surface area contributed by atoms with Gasteiger partial charge in [0, 0.05) is 35.8 Å². The van der Waals surface area contributed by atoms with Crippen LogP contribution in [0.2, 0.25) is 0 Å². The van der Waals surface area contributed by atoms with Crippen molar-refractivity contribution in [1.82, 2.24) is 19.7 Å². The van der Waals surface area contributed by atoms with Gasteiger partial charge in [0.1, 0.15) is 5.82 Å². The summed E-state index contributed by atoms with van der Waals surface area (Å²) in [5.41, 5.74) is 4.95. The minimum Gasteiger partial charge on any atom is -0.270 e. The molecule has 0 amide bonds. The molecule has 0 spiro atoms. The molecule has 2 heterocycles. The molecule has 1 aromatic carbocycles. The Morgan fingerprint density at radius 1 is 1.14 bits per heavy atom. The van der Waals surface area contributed by atoms with Gasteiger partial charge in [-0.05, 0) is 43.9 Å². The first-order chi connectivity index (χ1) is 13.8. The summed E-state index contributed by atoms with van der Waals surface area (Å²) in [7, 11) is -3.18. The number of benzene rings is 1. The maximum Gasteiger partial charge on any atom is 0.171 e. The van der Waals surface area contributed by atoms with Crippen molar-refractivity contribution in [2.24, 2.45) is 0 Å². The van der Waals surface area contributed by atoms with Crippen molar-refractivity contribution in [3.63, 3.8) is 0 Å². The molecule has 0 unspecified atom stereocenters.